The van der Waals surface area contributed by atoms with E-state index in [0.717, 1.165) is 4.11 Å². The molecule has 0 fully saturated rings. The first-order chi connectivity index (χ1) is 8.09. The van der Waals surface area contributed by atoms with Crippen LogP contribution in [0.4, 0.5) is 0 Å². The quantitative estimate of drug-likeness (QED) is 0.440. The van der Waals surface area contributed by atoms with Crippen molar-refractivity contribution in [2.75, 3.05) is 14.2 Å². The minimum atomic E-state index is -1.48. The summed E-state index contributed by atoms with van der Waals surface area (Å²) in [6.45, 7) is 8.04. The molecule has 0 radical (unpaired) electrons. The Bertz CT molecular complexity index is 342. The lowest BCUT2D eigenvalue weighted by Crippen LogP contribution is -2.38. The number of hydrogen-bond donors (Lipinski definition) is 0. The minimum Gasteiger partial charge on any atom is -0.468 e. The summed E-state index contributed by atoms with van der Waals surface area (Å²) in [7, 11) is 1.05. The van der Waals surface area contributed by atoms with Crippen molar-refractivity contribution in [3.05, 3.63) is 10.2 Å². The molecule has 0 saturated carbocycles. The third kappa shape index (κ3) is 4.24. The molecule has 6 heteroatoms. The second kappa shape index (κ2) is 6.52. The molecule has 0 aromatic rings. The molecule has 0 bridgehead atoms. The topological polar surface area (TPSA) is 52.6 Å². The Morgan fingerprint density at radius 2 is 1.56 bits per heavy atom. The zero-order valence-corrected chi connectivity index (χ0v) is 14.4. The smallest absolute Gasteiger partial charge is 0.323 e. The van der Waals surface area contributed by atoms with E-state index in [9.17, 15) is 9.59 Å². The lowest BCUT2D eigenvalue weighted by Gasteiger charge is -2.23. The number of allylic oxidation sites excluding steroid dienone is 1. The first kappa shape index (κ1) is 17.4. The molecule has 0 heterocycles. The number of carbonyl (C=O) groups is 2. The standard InChI is InChI=1S/C12H21BrO4Si/c1-12(10(14)16-2,11(15)17-3)8-7-9(13)18(4,5)6/h7H,8H2,1-6H3/b9-7+. The van der Waals surface area contributed by atoms with Gasteiger partial charge in [0.25, 0.3) is 0 Å². The van der Waals surface area contributed by atoms with Crippen molar-refractivity contribution in [2.45, 2.75) is 33.0 Å². The Balaban J connectivity index is 5.17. The Kier molecular flexibility index (Phi) is 6.29. The molecule has 0 rings (SSSR count). The zero-order chi connectivity index (χ0) is 14.6. The predicted octanol–water partition coefficient (Wildman–Crippen LogP) is 2.89. The average molecular weight is 337 g/mol. The van der Waals surface area contributed by atoms with Crippen molar-refractivity contribution >= 4 is 35.9 Å². The van der Waals surface area contributed by atoms with E-state index in [1.165, 1.54) is 21.1 Å². The molecule has 0 aliphatic carbocycles. The minimum absolute atomic E-state index is 0.261. The van der Waals surface area contributed by atoms with Gasteiger partial charge in [-0.05, 0) is 17.5 Å². The van der Waals surface area contributed by atoms with Gasteiger partial charge in [-0.2, -0.15) is 0 Å². The fraction of sp³-hybridized carbons (Fsp3) is 0.667. The molecule has 0 amide bonds. The first-order valence-electron chi connectivity index (χ1n) is 5.62. The van der Waals surface area contributed by atoms with Gasteiger partial charge in [0.05, 0.1) is 22.3 Å². The molecule has 0 saturated heterocycles. The highest BCUT2D eigenvalue weighted by Crippen LogP contribution is 2.29. The Morgan fingerprint density at radius 3 is 1.83 bits per heavy atom. The van der Waals surface area contributed by atoms with Crippen molar-refractivity contribution in [3.8, 4) is 0 Å². The highest BCUT2D eigenvalue weighted by Gasteiger charge is 2.43. The fourth-order valence-electron chi connectivity index (χ4n) is 1.30. The fourth-order valence-corrected chi connectivity index (χ4v) is 2.18. The summed E-state index contributed by atoms with van der Waals surface area (Å²) in [6, 6.07) is 0. The van der Waals surface area contributed by atoms with Crippen LogP contribution in [0.2, 0.25) is 19.6 Å². The van der Waals surface area contributed by atoms with Gasteiger partial charge in [0, 0.05) is 0 Å². The van der Waals surface area contributed by atoms with Crippen LogP contribution >= 0.6 is 15.9 Å². The van der Waals surface area contributed by atoms with Gasteiger partial charge in [0.1, 0.15) is 0 Å². The van der Waals surface area contributed by atoms with E-state index in [-0.39, 0.29) is 6.42 Å². The molecule has 4 nitrogen and oxygen atoms in total. The average Bonchev–Trinajstić information content (AvgIpc) is 2.31. The second-order valence-electron chi connectivity index (χ2n) is 5.32. The highest BCUT2D eigenvalue weighted by molar-refractivity contribution is 9.12. The van der Waals surface area contributed by atoms with Gasteiger partial charge < -0.3 is 9.47 Å². The Morgan fingerprint density at radius 1 is 1.17 bits per heavy atom. The maximum Gasteiger partial charge on any atom is 0.323 e. The van der Waals surface area contributed by atoms with Crippen LogP contribution < -0.4 is 0 Å². The van der Waals surface area contributed by atoms with Crippen molar-refractivity contribution in [1.82, 2.24) is 0 Å². The van der Waals surface area contributed by atoms with Crippen molar-refractivity contribution < 1.29 is 19.1 Å². The van der Waals surface area contributed by atoms with E-state index in [1.807, 2.05) is 6.08 Å². The van der Waals surface area contributed by atoms with Crippen LogP contribution in [0.3, 0.4) is 0 Å². The molecule has 0 aromatic carbocycles. The van der Waals surface area contributed by atoms with Crippen LogP contribution in [0.5, 0.6) is 0 Å². The Hall–Kier alpha value is -0.623. The van der Waals surface area contributed by atoms with Crippen LogP contribution in [0.25, 0.3) is 0 Å². The number of carbonyl (C=O) groups excluding carboxylic acids is 2. The molecule has 0 atom stereocenters. The van der Waals surface area contributed by atoms with Crippen LogP contribution in [0.15, 0.2) is 10.2 Å². The second-order valence-corrected chi connectivity index (χ2v) is 11.9. The van der Waals surface area contributed by atoms with E-state index in [1.54, 1.807) is 0 Å². The molecule has 0 aliphatic rings. The van der Waals surface area contributed by atoms with Crippen LogP contribution in [0.1, 0.15) is 13.3 Å². The largest absolute Gasteiger partial charge is 0.468 e. The molecular formula is C12H21BrO4Si. The lowest BCUT2D eigenvalue weighted by atomic mass is 9.87. The van der Waals surface area contributed by atoms with E-state index < -0.39 is 25.4 Å². The predicted molar refractivity (Wildman–Crippen MR) is 77.1 cm³/mol. The van der Waals surface area contributed by atoms with Gasteiger partial charge in [-0.3, -0.25) is 9.59 Å². The third-order valence-corrected chi connectivity index (χ3v) is 8.21. The van der Waals surface area contributed by atoms with E-state index >= 15 is 0 Å². The lowest BCUT2D eigenvalue weighted by molar-refractivity contribution is -0.167. The van der Waals surface area contributed by atoms with Crippen LogP contribution in [0, 0.1) is 5.41 Å². The van der Waals surface area contributed by atoms with Crippen molar-refractivity contribution in [2.24, 2.45) is 5.41 Å². The van der Waals surface area contributed by atoms with Gasteiger partial charge >= 0.3 is 11.9 Å². The van der Waals surface area contributed by atoms with Crippen LogP contribution in [-0.2, 0) is 19.1 Å². The summed E-state index contributed by atoms with van der Waals surface area (Å²) in [5.74, 6) is -1.16. The Labute approximate surface area is 118 Å². The maximum absolute atomic E-state index is 11.7. The summed E-state index contributed by atoms with van der Waals surface area (Å²) >= 11 is 3.51. The van der Waals surface area contributed by atoms with E-state index in [0.29, 0.717) is 0 Å². The molecule has 0 spiro atoms. The number of halogens is 1. The first-order valence-corrected chi connectivity index (χ1v) is 9.92. The summed E-state index contributed by atoms with van der Waals surface area (Å²) in [5.41, 5.74) is -1.29. The zero-order valence-electron chi connectivity index (χ0n) is 11.8. The summed E-state index contributed by atoms with van der Waals surface area (Å²) in [5, 5.41) is 0. The van der Waals surface area contributed by atoms with Crippen molar-refractivity contribution in [3.63, 3.8) is 0 Å². The van der Waals surface area contributed by atoms with E-state index in [2.05, 4.69) is 45.0 Å². The summed E-state index contributed by atoms with van der Waals surface area (Å²) in [4.78, 5) is 23.5. The summed E-state index contributed by atoms with van der Waals surface area (Å²) in [6.07, 6.45) is 2.14. The van der Waals surface area contributed by atoms with Gasteiger partial charge in [0.2, 0.25) is 0 Å². The molecular weight excluding hydrogens is 316 g/mol. The SMILES string of the molecule is COC(=O)C(C)(C/C=C(\Br)[Si](C)(C)C)C(=O)OC. The third-order valence-electron chi connectivity index (χ3n) is 2.68. The van der Waals surface area contributed by atoms with Gasteiger partial charge in [-0.1, -0.05) is 41.6 Å². The number of esters is 2. The molecule has 0 unspecified atom stereocenters. The van der Waals surface area contributed by atoms with E-state index in [4.69, 9.17) is 0 Å². The molecule has 18 heavy (non-hydrogen) atoms. The maximum atomic E-state index is 11.7. The normalized spacial score (nSPS) is 13.2. The van der Waals surface area contributed by atoms with Crippen molar-refractivity contribution in [1.29, 1.82) is 0 Å². The monoisotopic (exact) mass is 336 g/mol. The molecule has 0 aromatic heterocycles. The number of methoxy groups -OCH3 is 2. The number of rotatable bonds is 5. The highest BCUT2D eigenvalue weighted by atomic mass is 79.9. The number of hydrogen-bond acceptors (Lipinski definition) is 4. The van der Waals surface area contributed by atoms with Gasteiger partial charge in [0.15, 0.2) is 5.41 Å². The van der Waals surface area contributed by atoms with Crippen LogP contribution in [-0.4, -0.2) is 34.2 Å². The molecule has 0 aliphatic heterocycles. The van der Waals surface area contributed by atoms with Gasteiger partial charge in [-0.15, -0.1) is 0 Å². The molecule has 104 valence electrons. The number of ether oxygens (including phenoxy) is 2. The summed E-state index contributed by atoms with van der Waals surface area (Å²) < 4.78 is 10.4. The van der Waals surface area contributed by atoms with Gasteiger partial charge in [-0.25, -0.2) is 0 Å². The molecule has 0 N–H and O–H groups in total.